The van der Waals surface area contributed by atoms with Crippen LogP contribution in [-0.2, 0) is 5.75 Å². The van der Waals surface area contributed by atoms with Crippen LogP contribution in [0.5, 0.6) is 0 Å². The maximum absolute atomic E-state index is 14.2. The molecule has 0 spiro atoms. The van der Waals surface area contributed by atoms with E-state index < -0.39 is 0 Å². The number of hydrogen-bond donors (Lipinski definition) is 0. The van der Waals surface area contributed by atoms with Gasteiger partial charge in [-0.25, -0.2) is 8.78 Å². The summed E-state index contributed by atoms with van der Waals surface area (Å²) in [4.78, 5) is 0. The highest BCUT2D eigenvalue weighted by molar-refractivity contribution is 7.98. The Kier molecular flexibility index (Phi) is 5.65. The van der Waals surface area contributed by atoms with Crippen molar-refractivity contribution in [3.8, 4) is 17.1 Å². The number of benzene rings is 3. The van der Waals surface area contributed by atoms with Crippen molar-refractivity contribution in [2.24, 2.45) is 0 Å². The zero-order chi connectivity index (χ0) is 20.4. The van der Waals surface area contributed by atoms with Crippen LogP contribution in [0.1, 0.15) is 11.1 Å². The van der Waals surface area contributed by atoms with Crippen LogP contribution in [0.25, 0.3) is 17.1 Å². The second-order valence-corrected chi connectivity index (χ2v) is 7.83. The first-order valence-corrected chi connectivity index (χ1v) is 10.2. The Morgan fingerprint density at radius 3 is 2.45 bits per heavy atom. The fourth-order valence-electron chi connectivity index (χ4n) is 2.96. The highest BCUT2D eigenvalue weighted by Crippen LogP contribution is 2.32. The summed E-state index contributed by atoms with van der Waals surface area (Å²) >= 11 is 7.50. The molecule has 0 unspecified atom stereocenters. The highest BCUT2D eigenvalue weighted by atomic mass is 35.5. The molecule has 4 aromatic rings. The maximum Gasteiger partial charge on any atom is 0.196 e. The molecule has 1 heterocycles. The summed E-state index contributed by atoms with van der Waals surface area (Å²) < 4.78 is 29.4. The van der Waals surface area contributed by atoms with Gasteiger partial charge in [0, 0.05) is 27.6 Å². The molecule has 0 saturated carbocycles. The van der Waals surface area contributed by atoms with E-state index in [2.05, 4.69) is 10.2 Å². The summed E-state index contributed by atoms with van der Waals surface area (Å²) in [7, 11) is 0. The predicted molar refractivity (Wildman–Crippen MR) is 112 cm³/mol. The molecule has 0 radical (unpaired) electrons. The van der Waals surface area contributed by atoms with Gasteiger partial charge in [0.2, 0.25) is 0 Å². The third-order valence-electron chi connectivity index (χ3n) is 4.40. The minimum absolute atomic E-state index is 0.304. The van der Waals surface area contributed by atoms with Crippen molar-refractivity contribution in [1.29, 1.82) is 0 Å². The molecule has 7 heteroatoms. The van der Waals surface area contributed by atoms with Gasteiger partial charge in [0.05, 0.1) is 0 Å². The van der Waals surface area contributed by atoms with Crippen LogP contribution in [0, 0.1) is 18.6 Å². The van der Waals surface area contributed by atoms with Crippen molar-refractivity contribution >= 4 is 23.4 Å². The van der Waals surface area contributed by atoms with E-state index in [-0.39, 0.29) is 11.6 Å². The molecular weight excluding hydrogens is 412 g/mol. The Hall–Kier alpha value is -2.70. The molecule has 3 aromatic carbocycles. The number of thioether (sulfide) groups is 1. The molecule has 0 aliphatic carbocycles. The first-order valence-electron chi connectivity index (χ1n) is 8.87. The van der Waals surface area contributed by atoms with E-state index in [1.165, 1.54) is 30.0 Å². The topological polar surface area (TPSA) is 30.7 Å². The van der Waals surface area contributed by atoms with Gasteiger partial charge in [0.15, 0.2) is 11.0 Å². The molecule has 0 amide bonds. The van der Waals surface area contributed by atoms with Crippen molar-refractivity contribution in [3.63, 3.8) is 0 Å². The second kappa shape index (κ2) is 8.35. The van der Waals surface area contributed by atoms with Crippen LogP contribution in [-0.4, -0.2) is 14.8 Å². The molecule has 0 bridgehead atoms. The Bertz CT molecular complexity index is 1140. The van der Waals surface area contributed by atoms with Crippen molar-refractivity contribution in [1.82, 2.24) is 14.8 Å². The lowest BCUT2D eigenvalue weighted by Gasteiger charge is -2.12. The smallest absolute Gasteiger partial charge is 0.196 e. The average Bonchev–Trinajstić information content (AvgIpc) is 3.12. The van der Waals surface area contributed by atoms with Gasteiger partial charge in [-0.2, -0.15) is 0 Å². The molecule has 4 rings (SSSR count). The Morgan fingerprint density at radius 2 is 1.72 bits per heavy atom. The normalized spacial score (nSPS) is 11.0. The van der Waals surface area contributed by atoms with Gasteiger partial charge >= 0.3 is 0 Å². The van der Waals surface area contributed by atoms with Gasteiger partial charge < -0.3 is 0 Å². The number of aryl methyl sites for hydroxylation is 1. The van der Waals surface area contributed by atoms with E-state index in [0.717, 1.165) is 16.8 Å². The molecule has 0 saturated heterocycles. The molecule has 1 aromatic heterocycles. The monoisotopic (exact) mass is 427 g/mol. The zero-order valence-corrected chi connectivity index (χ0v) is 17.0. The molecule has 3 nitrogen and oxygen atoms in total. The van der Waals surface area contributed by atoms with Crippen molar-refractivity contribution < 1.29 is 8.78 Å². The largest absolute Gasteiger partial charge is 0.270 e. The Morgan fingerprint density at radius 1 is 0.966 bits per heavy atom. The highest BCUT2D eigenvalue weighted by Gasteiger charge is 2.18. The third-order valence-corrected chi connectivity index (χ3v) is 5.71. The lowest BCUT2D eigenvalue weighted by Crippen LogP contribution is -2.00. The van der Waals surface area contributed by atoms with Crippen LogP contribution in [0.4, 0.5) is 8.78 Å². The summed E-state index contributed by atoms with van der Waals surface area (Å²) in [5.41, 5.74) is 3.10. The zero-order valence-electron chi connectivity index (χ0n) is 15.4. The van der Waals surface area contributed by atoms with Gasteiger partial charge in [0.25, 0.3) is 0 Å². The second-order valence-electron chi connectivity index (χ2n) is 6.48. The fraction of sp³-hybridized carbons (Fsp3) is 0.0909. The summed E-state index contributed by atoms with van der Waals surface area (Å²) in [5, 5.41) is 9.60. The molecule has 0 N–H and O–H groups in total. The van der Waals surface area contributed by atoms with Gasteiger partial charge in [-0.15, -0.1) is 10.2 Å². The molecule has 29 heavy (non-hydrogen) atoms. The lowest BCUT2D eigenvalue weighted by molar-refractivity contribution is 0.617. The quantitative estimate of drug-likeness (QED) is 0.342. The minimum Gasteiger partial charge on any atom is -0.270 e. The van der Waals surface area contributed by atoms with Crippen LogP contribution >= 0.6 is 23.4 Å². The van der Waals surface area contributed by atoms with Gasteiger partial charge in [-0.05, 0) is 61.0 Å². The van der Waals surface area contributed by atoms with Crippen LogP contribution in [0.2, 0.25) is 5.02 Å². The molecule has 0 fully saturated rings. The van der Waals surface area contributed by atoms with E-state index >= 15 is 0 Å². The van der Waals surface area contributed by atoms with Gasteiger partial charge in [0.1, 0.15) is 11.6 Å². The van der Waals surface area contributed by atoms with Gasteiger partial charge in [-0.1, -0.05) is 41.6 Å². The number of nitrogens with zero attached hydrogens (tertiary/aromatic N) is 3. The Balaban J connectivity index is 1.77. The SMILES string of the molecule is Cc1cccc(-n2c(SCc3c(F)cccc3Cl)nnc2-c2ccc(F)cc2)c1. The molecule has 0 aliphatic heterocycles. The van der Waals surface area contributed by atoms with Crippen LogP contribution < -0.4 is 0 Å². The van der Waals surface area contributed by atoms with Gasteiger partial charge in [-0.3, -0.25) is 4.57 Å². The van der Waals surface area contributed by atoms with E-state index in [4.69, 9.17) is 11.6 Å². The van der Waals surface area contributed by atoms with Crippen LogP contribution in [0.15, 0.2) is 71.9 Å². The number of rotatable bonds is 5. The number of hydrogen-bond acceptors (Lipinski definition) is 3. The summed E-state index contributed by atoms with van der Waals surface area (Å²) in [6.07, 6.45) is 0. The average molecular weight is 428 g/mol. The van der Waals surface area contributed by atoms with E-state index in [1.54, 1.807) is 24.3 Å². The first kappa shape index (κ1) is 19.6. The van der Waals surface area contributed by atoms with E-state index in [0.29, 0.717) is 27.3 Å². The summed E-state index contributed by atoms with van der Waals surface area (Å²) in [6, 6.07) is 18.6. The number of halogens is 3. The molecule has 0 atom stereocenters. The van der Waals surface area contributed by atoms with E-state index in [9.17, 15) is 8.78 Å². The summed E-state index contributed by atoms with van der Waals surface area (Å²) in [5.74, 6) is 0.209. The van der Waals surface area contributed by atoms with E-state index in [1.807, 2.05) is 35.8 Å². The fourth-order valence-corrected chi connectivity index (χ4v) is 4.25. The molecule has 0 aliphatic rings. The van der Waals surface area contributed by atoms with Crippen molar-refractivity contribution in [2.75, 3.05) is 0 Å². The third kappa shape index (κ3) is 4.18. The Labute approximate surface area is 176 Å². The van der Waals surface area contributed by atoms with Crippen molar-refractivity contribution in [2.45, 2.75) is 17.8 Å². The predicted octanol–water partition coefficient (Wildman–Crippen LogP) is 6.47. The first-order chi connectivity index (χ1) is 14.0. The lowest BCUT2D eigenvalue weighted by atomic mass is 10.2. The molecule has 146 valence electrons. The number of aromatic nitrogens is 3. The minimum atomic E-state index is -0.356. The maximum atomic E-state index is 14.2. The molecular formula is C22H16ClF2N3S. The van der Waals surface area contributed by atoms with Crippen LogP contribution in [0.3, 0.4) is 0 Å². The van der Waals surface area contributed by atoms with Crippen molar-refractivity contribution in [3.05, 3.63) is 94.5 Å². The summed E-state index contributed by atoms with van der Waals surface area (Å²) in [6.45, 7) is 2.00. The standard InChI is InChI=1S/C22H16ClF2N3S/c1-14-4-2-5-17(12-14)28-21(15-8-10-16(24)11-9-15)26-27-22(28)29-13-18-19(23)6-3-7-20(18)25/h2-12H,13H2,1H3.